The number of nitrogens with zero attached hydrogens (tertiary/aromatic N) is 1. The van der Waals surface area contributed by atoms with Crippen molar-refractivity contribution in [1.82, 2.24) is 4.98 Å². The van der Waals surface area contributed by atoms with E-state index in [0.717, 1.165) is 12.5 Å². The summed E-state index contributed by atoms with van der Waals surface area (Å²) in [6.07, 6.45) is 3.46. The van der Waals surface area contributed by atoms with Gasteiger partial charge in [-0.2, -0.15) is 0 Å². The van der Waals surface area contributed by atoms with Crippen LogP contribution in [0.1, 0.15) is 27.7 Å². The highest BCUT2D eigenvalue weighted by molar-refractivity contribution is 7.91. The maximum Gasteiger partial charge on any atom is 0.497 e. The molecule has 1 aromatic heterocycles. The molecule has 0 aliphatic carbocycles. The fraction of sp³-hybridized carbons (Fsp3) is 0.583. The molecular weight excluding hydrogens is 281 g/mol. The number of hydrogen-bond acceptors (Lipinski definition) is 6. The average Bonchev–Trinajstić information content (AvgIpc) is 2.46. The summed E-state index contributed by atoms with van der Waals surface area (Å²) >= 11 is 0. The minimum atomic E-state index is -3.63. The number of aromatic hydroxyl groups is 1. The second-order valence-corrected chi connectivity index (χ2v) is 7.89. The second-order valence-electron chi connectivity index (χ2n) is 5.94. The van der Waals surface area contributed by atoms with Gasteiger partial charge in [0.2, 0.25) is 0 Å². The zero-order valence-electron chi connectivity index (χ0n) is 12.2. The molecule has 8 heteroatoms. The second kappa shape index (κ2) is 4.44. The summed E-state index contributed by atoms with van der Waals surface area (Å²) in [7, 11) is -4.51. The van der Waals surface area contributed by atoms with E-state index in [1.54, 1.807) is 0 Å². The van der Waals surface area contributed by atoms with Crippen LogP contribution in [0.3, 0.4) is 0 Å². The standard InChI is InChI=1S/C12H18BNO5S/c1-11(2)12(3,4)19-13(18-11)8-6-14-7-9(15)10(8)20(5,16)17/h6-7,15H,1-5H3. The van der Waals surface area contributed by atoms with Gasteiger partial charge in [0, 0.05) is 17.9 Å². The van der Waals surface area contributed by atoms with Crippen molar-refractivity contribution in [3.05, 3.63) is 12.4 Å². The van der Waals surface area contributed by atoms with Crippen molar-refractivity contribution in [3.63, 3.8) is 0 Å². The molecule has 0 saturated carbocycles. The largest absolute Gasteiger partial charge is 0.505 e. The van der Waals surface area contributed by atoms with Crippen molar-refractivity contribution in [2.45, 2.75) is 43.8 Å². The van der Waals surface area contributed by atoms with Crippen LogP contribution in [0, 0.1) is 0 Å². The molecule has 0 radical (unpaired) electrons. The Bertz CT molecular complexity index is 625. The fourth-order valence-electron chi connectivity index (χ4n) is 2.00. The van der Waals surface area contributed by atoms with E-state index in [0.29, 0.717) is 0 Å². The summed E-state index contributed by atoms with van der Waals surface area (Å²) in [6.45, 7) is 7.46. The maximum absolute atomic E-state index is 11.9. The van der Waals surface area contributed by atoms with Crippen LogP contribution in [0.15, 0.2) is 17.3 Å². The van der Waals surface area contributed by atoms with E-state index in [2.05, 4.69) is 4.98 Å². The SMILES string of the molecule is CC1(C)OB(c2cncc(O)c2S(C)(=O)=O)OC1(C)C. The quantitative estimate of drug-likeness (QED) is 0.800. The van der Waals surface area contributed by atoms with Gasteiger partial charge < -0.3 is 14.4 Å². The molecule has 1 fully saturated rings. The molecule has 1 N–H and O–H groups in total. The summed E-state index contributed by atoms with van der Waals surface area (Å²) in [5.74, 6) is -0.403. The molecule has 0 bridgehead atoms. The van der Waals surface area contributed by atoms with Crippen LogP contribution in [0.4, 0.5) is 0 Å². The molecule has 2 heterocycles. The Morgan fingerprint density at radius 2 is 1.65 bits per heavy atom. The first-order valence-corrected chi connectivity index (χ1v) is 8.07. The zero-order valence-corrected chi connectivity index (χ0v) is 13.0. The first-order chi connectivity index (χ1) is 8.96. The summed E-state index contributed by atoms with van der Waals surface area (Å²) in [5.41, 5.74) is -0.985. The van der Waals surface area contributed by atoms with Crippen molar-refractivity contribution in [2.24, 2.45) is 0 Å². The first kappa shape index (κ1) is 15.3. The minimum Gasteiger partial charge on any atom is -0.505 e. The third-order valence-electron chi connectivity index (χ3n) is 3.78. The third kappa shape index (κ3) is 2.43. The molecule has 2 rings (SSSR count). The van der Waals surface area contributed by atoms with Gasteiger partial charge in [0.1, 0.15) is 4.90 Å². The lowest BCUT2D eigenvalue weighted by molar-refractivity contribution is 0.00578. The molecular formula is C12H18BNO5S. The summed E-state index contributed by atoms with van der Waals surface area (Å²) < 4.78 is 35.3. The first-order valence-electron chi connectivity index (χ1n) is 6.18. The van der Waals surface area contributed by atoms with Crippen LogP contribution < -0.4 is 5.46 Å². The average molecular weight is 299 g/mol. The lowest BCUT2D eigenvalue weighted by atomic mass is 9.80. The predicted octanol–water partition coefficient (Wildman–Crippen LogP) is 0.490. The van der Waals surface area contributed by atoms with E-state index in [1.807, 2.05) is 27.7 Å². The van der Waals surface area contributed by atoms with Crippen molar-refractivity contribution in [2.75, 3.05) is 6.26 Å². The van der Waals surface area contributed by atoms with Gasteiger partial charge in [-0.25, -0.2) is 8.42 Å². The van der Waals surface area contributed by atoms with Gasteiger partial charge >= 0.3 is 7.12 Å². The van der Waals surface area contributed by atoms with Gasteiger partial charge in [0.25, 0.3) is 0 Å². The lowest BCUT2D eigenvalue weighted by Gasteiger charge is -2.32. The molecule has 1 aliphatic heterocycles. The van der Waals surface area contributed by atoms with E-state index >= 15 is 0 Å². The van der Waals surface area contributed by atoms with E-state index < -0.39 is 33.9 Å². The minimum absolute atomic E-state index is 0.203. The van der Waals surface area contributed by atoms with Crippen LogP contribution in [0.25, 0.3) is 0 Å². The highest BCUT2D eigenvalue weighted by Gasteiger charge is 2.53. The Morgan fingerprint density at radius 1 is 1.15 bits per heavy atom. The lowest BCUT2D eigenvalue weighted by Crippen LogP contribution is -2.41. The summed E-state index contributed by atoms with van der Waals surface area (Å²) in [4.78, 5) is 3.62. The van der Waals surface area contributed by atoms with Gasteiger partial charge in [-0.3, -0.25) is 4.98 Å². The van der Waals surface area contributed by atoms with Gasteiger partial charge in [-0.1, -0.05) is 0 Å². The Kier molecular flexibility index (Phi) is 3.39. The molecule has 20 heavy (non-hydrogen) atoms. The van der Waals surface area contributed by atoms with Crippen LogP contribution in [0.2, 0.25) is 0 Å². The Morgan fingerprint density at radius 3 is 2.10 bits per heavy atom. The van der Waals surface area contributed by atoms with E-state index in [4.69, 9.17) is 9.31 Å². The molecule has 1 aromatic rings. The highest BCUT2D eigenvalue weighted by Crippen LogP contribution is 2.37. The molecule has 6 nitrogen and oxygen atoms in total. The van der Waals surface area contributed by atoms with Crippen molar-refractivity contribution in [3.8, 4) is 5.75 Å². The van der Waals surface area contributed by atoms with Crippen molar-refractivity contribution in [1.29, 1.82) is 0 Å². The van der Waals surface area contributed by atoms with E-state index in [-0.39, 0.29) is 10.4 Å². The van der Waals surface area contributed by atoms with Gasteiger partial charge in [-0.15, -0.1) is 0 Å². The molecule has 1 saturated heterocycles. The smallest absolute Gasteiger partial charge is 0.497 e. The van der Waals surface area contributed by atoms with Crippen LogP contribution in [-0.2, 0) is 19.1 Å². The normalized spacial score (nSPS) is 21.1. The van der Waals surface area contributed by atoms with Gasteiger partial charge in [-0.05, 0) is 27.7 Å². The maximum atomic E-state index is 11.9. The number of rotatable bonds is 2. The van der Waals surface area contributed by atoms with Crippen molar-refractivity contribution < 1.29 is 22.8 Å². The van der Waals surface area contributed by atoms with E-state index in [9.17, 15) is 13.5 Å². The third-order valence-corrected chi connectivity index (χ3v) is 4.97. The van der Waals surface area contributed by atoms with Crippen LogP contribution >= 0.6 is 0 Å². The number of sulfone groups is 1. The Balaban J connectivity index is 2.55. The molecule has 0 aromatic carbocycles. The summed E-state index contributed by atoms with van der Waals surface area (Å²) in [6, 6.07) is 0. The Hall–Kier alpha value is -1.12. The zero-order chi connectivity index (χ0) is 15.3. The molecule has 0 unspecified atom stereocenters. The monoisotopic (exact) mass is 299 g/mol. The number of pyridine rings is 1. The van der Waals surface area contributed by atoms with Gasteiger partial charge in [0.15, 0.2) is 15.6 Å². The van der Waals surface area contributed by atoms with Gasteiger partial charge in [0.05, 0.1) is 17.4 Å². The molecule has 0 spiro atoms. The topological polar surface area (TPSA) is 85.7 Å². The van der Waals surface area contributed by atoms with Crippen molar-refractivity contribution >= 4 is 22.4 Å². The predicted molar refractivity (Wildman–Crippen MR) is 74.7 cm³/mol. The molecule has 1 aliphatic rings. The molecule has 0 atom stereocenters. The number of hydrogen-bond donors (Lipinski definition) is 1. The Labute approximate surface area is 119 Å². The highest BCUT2D eigenvalue weighted by atomic mass is 32.2. The fourth-order valence-corrected chi connectivity index (χ4v) is 3.00. The van der Waals surface area contributed by atoms with E-state index in [1.165, 1.54) is 6.20 Å². The molecule has 0 amide bonds. The van der Waals surface area contributed by atoms with Crippen LogP contribution in [0.5, 0.6) is 5.75 Å². The number of aromatic nitrogens is 1. The molecule has 110 valence electrons. The van der Waals surface area contributed by atoms with Crippen LogP contribution in [-0.4, -0.2) is 43.1 Å². The summed E-state index contributed by atoms with van der Waals surface area (Å²) in [5, 5.41) is 9.79.